The fourth-order valence-corrected chi connectivity index (χ4v) is 1.54. The lowest BCUT2D eigenvalue weighted by atomic mass is 9.89. The first-order valence-electron chi connectivity index (χ1n) is 5.19. The van der Waals surface area contributed by atoms with Gasteiger partial charge in [0.25, 0.3) is 0 Å². The Bertz CT molecular complexity index is 189. The van der Waals surface area contributed by atoms with Gasteiger partial charge in [0, 0.05) is 19.2 Å². The molecule has 0 saturated heterocycles. The Labute approximate surface area is 85.1 Å². The first-order chi connectivity index (χ1) is 6.80. The predicted octanol–water partition coefficient (Wildman–Crippen LogP) is -0.0173. The molecule has 4 N–H and O–H groups in total. The zero-order chi connectivity index (χ0) is 10.4. The lowest BCUT2D eigenvalue weighted by molar-refractivity contribution is -0.00579. The van der Waals surface area contributed by atoms with Gasteiger partial charge in [0.1, 0.15) is 0 Å². The lowest BCUT2D eigenvalue weighted by Gasteiger charge is -2.35. The molecule has 1 aliphatic rings. The van der Waals surface area contributed by atoms with Crippen LogP contribution in [0.5, 0.6) is 0 Å². The van der Waals surface area contributed by atoms with Crippen LogP contribution in [0.4, 0.5) is 0 Å². The zero-order valence-corrected chi connectivity index (χ0v) is 8.92. The smallest absolute Gasteiger partial charge is 0.205 e. The van der Waals surface area contributed by atoms with Gasteiger partial charge in [-0.2, -0.15) is 0 Å². The molecule has 5 nitrogen and oxygen atoms in total. The molecule has 0 heterocycles. The monoisotopic (exact) mass is 200 g/mol. The summed E-state index contributed by atoms with van der Waals surface area (Å²) in [5.74, 6) is 5.98. The van der Waals surface area contributed by atoms with Crippen LogP contribution >= 0.6 is 0 Å². The van der Waals surface area contributed by atoms with Crippen molar-refractivity contribution in [2.24, 2.45) is 10.8 Å². The van der Waals surface area contributed by atoms with Gasteiger partial charge in [-0.1, -0.05) is 0 Å². The third-order valence-electron chi connectivity index (χ3n) is 2.29. The van der Waals surface area contributed by atoms with Gasteiger partial charge in [-0.25, -0.2) is 5.84 Å². The van der Waals surface area contributed by atoms with Crippen molar-refractivity contribution in [1.82, 2.24) is 10.7 Å². The second-order valence-corrected chi connectivity index (χ2v) is 3.36. The Hall–Kier alpha value is -0.810. The molecule has 0 unspecified atom stereocenters. The molecule has 5 heteroatoms. The van der Waals surface area contributed by atoms with Gasteiger partial charge in [0.2, 0.25) is 5.96 Å². The Morgan fingerprint density at radius 2 is 2.21 bits per heavy atom. The largest absolute Gasteiger partial charge is 0.378 e. The van der Waals surface area contributed by atoms with Crippen LogP contribution in [0.2, 0.25) is 0 Å². The maximum Gasteiger partial charge on any atom is 0.205 e. The van der Waals surface area contributed by atoms with Crippen molar-refractivity contribution >= 4 is 5.96 Å². The van der Waals surface area contributed by atoms with Crippen LogP contribution in [0.3, 0.4) is 0 Å². The van der Waals surface area contributed by atoms with Gasteiger partial charge in [-0.3, -0.25) is 10.4 Å². The Morgan fingerprint density at radius 1 is 1.50 bits per heavy atom. The molecule has 0 spiro atoms. The molecular weight excluding hydrogens is 180 g/mol. The van der Waals surface area contributed by atoms with Crippen molar-refractivity contribution in [3.05, 3.63) is 0 Å². The molecule has 1 rings (SSSR count). The number of aliphatic imine (C=N–C) groups is 1. The van der Waals surface area contributed by atoms with Crippen molar-refractivity contribution in [3.8, 4) is 0 Å². The third-order valence-corrected chi connectivity index (χ3v) is 2.29. The number of rotatable bonds is 4. The molecule has 1 saturated carbocycles. The summed E-state index contributed by atoms with van der Waals surface area (Å²) in [5.41, 5.74) is 2.55. The van der Waals surface area contributed by atoms with Gasteiger partial charge < -0.3 is 10.1 Å². The molecule has 0 atom stereocenters. The molecule has 1 fully saturated rings. The molecular formula is C9H20N4O. The first kappa shape index (κ1) is 11.3. The van der Waals surface area contributed by atoms with Gasteiger partial charge in [0.15, 0.2) is 0 Å². The Morgan fingerprint density at radius 3 is 2.71 bits per heavy atom. The van der Waals surface area contributed by atoms with E-state index in [4.69, 9.17) is 10.6 Å². The maximum absolute atomic E-state index is 5.45. The summed E-state index contributed by atoms with van der Waals surface area (Å²) >= 11 is 0. The van der Waals surface area contributed by atoms with Gasteiger partial charge in [0.05, 0.1) is 6.10 Å². The fraction of sp³-hybridized carbons (Fsp3) is 0.889. The van der Waals surface area contributed by atoms with Crippen molar-refractivity contribution in [2.75, 3.05) is 13.2 Å². The summed E-state index contributed by atoms with van der Waals surface area (Å²) < 4.78 is 5.45. The van der Waals surface area contributed by atoms with E-state index in [1.165, 1.54) is 0 Å². The van der Waals surface area contributed by atoms with Crippen molar-refractivity contribution in [3.63, 3.8) is 0 Å². The van der Waals surface area contributed by atoms with E-state index in [-0.39, 0.29) is 0 Å². The first-order valence-corrected chi connectivity index (χ1v) is 5.19. The molecule has 14 heavy (non-hydrogen) atoms. The van der Waals surface area contributed by atoms with Gasteiger partial charge >= 0.3 is 0 Å². The topological polar surface area (TPSA) is 71.7 Å². The third kappa shape index (κ3) is 3.16. The van der Waals surface area contributed by atoms with Crippen LogP contribution in [0.1, 0.15) is 26.7 Å². The second-order valence-electron chi connectivity index (χ2n) is 3.36. The number of nitrogens with zero attached hydrogens (tertiary/aromatic N) is 1. The molecule has 0 aromatic carbocycles. The maximum atomic E-state index is 5.45. The van der Waals surface area contributed by atoms with E-state index in [0.717, 1.165) is 26.0 Å². The quantitative estimate of drug-likeness (QED) is 0.258. The molecule has 0 amide bonds. The number of hydrazine groups is 1. The van der Waals surface area contributed by atoms with Crippen LogP contribution in [0, 0.1) is 0 Å². The average molecular weight is 200 g/mol. The van der Waals surface area contributed by atoms with Crippen LogP contribution in [-0.2, 0) is 4.74 Å². The Balaban J connectivity index is 2.17. The normalized spacial score (nSPS) is 26.9. The number of hydrogen-bond acceptors (Lipinski definition) is 3. The molecule has 0 aromatic heterocycles. The number of nitrogens with one attached hydrogen (secondary N) is 2. The van der Waals surface area contributed by atoms with E-state index in [1.807, 2.05) is 13.8 Å². The second kappa shape index (κ2) is 5.82. The summed E-state index contributed by atoms with van der Waals surface area (Å²) in [4.78, 5) is 4.16. The standard InChI is InChI=1S/C9H20N4O/c1-3-11-9(13-10)12-7-5-8(6-7)14-4-2/h7-8H,3-6,10H2,1-2H3,(H2,11,12,13). The lowest BCUT2D eigenvalue weighted by Crippen LogP contribution is -2.53. The Kier molecular flexibility index (Phi) is 4.69. The SMILES string of the molecule is CCN=C(NN)NC1CC(OCC)C1. The van der Waals surface area contributed by atoms with Crippen LogP contribution in [0.25, 0.3) is 0 Å². The van der Waals surface area contributed by atoms with Crippen molar-refractivity contribution in [2.45, 2.75) is 38.8 Å². The van der Waals surface area contributed by atoms with E-state index in [0.29, 0.717) is 18.1 Å². The number of ether oxygens (including phenoxy) is 1. The van der Waals surface area contributed by atoms with E-state index in [1.54, 1.807) is 0 Å². The molecule has 0 aliphatic heterocycles. The van der Waals surface area contributed by atoms with Gasteiger partial charge in [-0.05, 0) is 26.7 Å². The predicted molar refractivity (Wildman–Crippen MR) is 56.9 cm³/mol. The minimum Gasteiger partial charge on any atom is -0.378 e. The summed E-state index contributed by atoms with van der Waals surface area (Å²) in [6.07, 6.45) is 2.49. The fourth-order valence-electron chi connectivity index (χ4n) is 1.54. The molecule has 0 aromatic rings. The molecule has 82 valence electrons. The minimum atomic E-state index is 0.415. The highest BCUT2D eigenvalue weighted by Crippen LogP contribution is 2.22. The summed E-state index contributed by atoms with van der Waals surface area (Å²) in [5, 5.41) is 3.23. The van der Waals surface area contributed by atoms with Crippen LogP contribution in [0.15, 0.2) is 4.99 Å². The van der Waals surface area contributed by atoms with Crippen molar-refractivity contribution in [1.29, 1.82) is 0 Å². The van der Waals surface area contributed by atoms with E-state index in [9.17, 15) is 0 Å². The molecule has 0 bridgehead atoms. The van der Waals surface area contributed by atoms with E-state index >= 15 is 0 Å². The molecule has 1 aliphatic carbocycles. The van der Waals surface area contributed by atoms with Crippen LogP contribution in [-0.4, -0.2) is 31.3 Å². The highest BCUT2D eigenvalue weighted by Gasteiger charge is 2.29. The van der Waals surface area contributed by atoms with Crippen LogP contribution < -0.4 is 16.6 Å². The molecule has 0 radical (unpaired) electrons. The number of nitrogens with two attached hydrogens (primary N) is 1. The van der Waals surface area contributed by atoms with E-state index < -0.39 is 0 Å². The number of hydrogen-bond donors (Lipinski definition) is 3. The minimum absolute atomic E-state index is 0.415. The summed E-state index contributed by atoms with van der Waals surface area (Å²) in [6.45, 7) is 5.52. The van der Waals surface area contributed by atoms with E-state index in [2.05, 4.69) is 15.7 Å². The summed E-state index contributed by atoms with van der Waals surface area (Å²) in [6, 6.07) is 0.452. The summed E-state index contributed by atoms with van der Waals surface area (Å²) in [7, 11) is 0. The zero-order valence-electron chi connectivity index (χ0n) is 8.92. The van der Waals surface area contributed by atoms with Gasteiger partial charge in [-0.15, -0.1) is 0 Å². The highest BCUT2D eigenvalue weighted by atomic mass is 16.5. The van der Waals surface area contributed by atoms with Crippen molar-refractivity contribution < 1.29 is 4.74 Å². The number of guanidine groups is 1. The highest BCUT2D eigenvalue weighted by molar-refractivity contribution is 5.79. The average Bonchev–Trinajstić information content (AvgIpc) is 2.13.